The molecule has 2 atom stereocenters. The van der Waals surface area contributed by atoms with Gasteiger partial charge in [0.25, 0.3) is 5.91 Å². The van der Waals surface area contributed by atoms with Gasteiger partial charge in [-0.2, -0.15) is 0 Å². The minimum absolute atomic E-state index is 0.108. The number of hydrogen-bond acceptors (Lipinski definition) is 3. The summed E-state index contributed by atoms with van der Waals surface area (Å²) in [5.74, 6) is 0.0691. The Labute approximate surface area is 117 Å². The minimum Gasteiger partial charge on any atom is -0.389 e. The molecule has 1 aromatic rings. The van der Waals surface area contributed by atoms with Gasteiger partial charge in [-0.1, -0.05) is 12.8 Å². The second-order valence-electron chi connectivity index (χ2n) is 5.99. The Hall–Kier alpha value is -1.62. The lowest BCUT2D eigenvalue weighted by atomic mass is 9.71. The summed E-state index contributed by atoms with van der Waals surface area (Å²) in [6, 6.07) is 2.97. The molecule has 5 heteroatoms. The predicted molar refractivity (Wildman–Crippen MR) is 74.5 cm³/mol. The SMILES string of the molecule is O=C(c1cc[nH]c(=O)c1)N1CCC2(O)CCCCC2C1. The molecule has 1 saturated carbocycles. The Bertz CT molecular complexity index is 568. The summed E-state index contributed by atoms with van der Waals surface area (Å²) in [6.45, 7) is 1.17. The lowest BCUT2D eigenvalue weighted by molar-refractivity contribution is -0.0886. The van der Waals surface area contributed by atoms with Crippen LogP contribution in [-0.2, 0) is 0 Å². The third-order valence-corrected chi connectivity index (χ3v) is 4.74. The van der Waals surface area contributed by atoms with Gasteiger partial charge >= 0.3 is 0 Å². The number of likely N-dealkylation sites (tertiary alicyclic amines) is 1. The molecule has 1 amide bonds. The van der Waals surface area contributed by atoms with Crippen LogP contribution in [0.4, 0.5) is 0 Å². The number of aromatic amines is 1. The first kappa shape index (κ1) is 13.4. The molecule has 108 valence electrons. The quantitative estimate of drug-likeness (QED) is 0.808. The van der Waals surface area contributed by atoms with Crippen molar-refractivity contribution in [2.45, 2.75) is 37.7 Å². The van der Waals surface area contributed by atoms with Crippen LogP contribution in [0.15, 0.2) is 23.1 Å². The maximum atomic E-state index is 12.4. The molecule has 0 bridgehead atoms. The van der Waals surface area contributed by atoms with Crippen LogP contribution >= 0.6 is 0 Å². The van der Waals surface area contributed by atoms with Crippen molar-refractivity contribution in [2.24, 2.45) is 5.92 Å². The van der Waals surface area contributed by atoms with Crippen molar-refractivity contribution in [1.29, 1.82) is 0 Å². The topological polar surface area (TPSA) is 73.4 Å². The first-order valence-electron chi connectivity index (χ1n) is 7.29. The van der Waals surface area contributed by atoms with Gasteiger partial charge in [0.05, 0.1) is 5.60 Å². The van der Waals surface area contributed by atoms with Crippen LogP contribution in [0.2, 0.25) is 0 Å². The largest absolute Gasteiger partial charge is 0.389 e. The zero-order chi connectivity index (χ0) is 14.2. The number of pyridine rings is 1. The highest BCUT2D eigenvalue weighted by atomic mass is 16.3. The monoisotopic (exact) mass is 276 g/mol. The summed E-state index contributed by atoms with van der Waals surface area (Å²) in [7, 11) is 0. The number of carbonyl (C=O) groups is 1. The van der Waals surface area contributed by atoms with Gasteiger partial charge in [0.15, 0.2) is 0 Å². The van der Waals surface area contributed by atoms with Crippen LogP contribution in [0, 0.1) is 5.92 Å². The zero-order valence-corrected chi connectivity index (χ0v) is 11.5. The average molecular weight is 276 g/mol. The molecule has 2 N–H and O–H groups in total. The standard InChI is InChI=1S/C15H20N2O3/c18-13-9-11(4-7-16-13)14(19)17-8-6-15(20)5-2-1-3-12(15)10-17/h4,7,9,12,20H,1-3,5-6,8,10H2,(H,16,18). The smallest absolute Gasteiger partial charge is 0.254 e. The molecule has 2 heterocycles. The van der Waals surface area contributed by atoms with E-state index < -0.39 is 5.60 Å². The van der Waals surface area contributed by atoms with Crippen LogP contribution < -0.4 is 5.56 Å². The summed E-state index contributed by atoms with van der Waals surface area (Å²) in [4.78, 5) is 28.0. The lowest BCUT2D eigenvalue weighted by Crippen LogP contribution is -2.54. The molecule has 0 radical (unpaired) electrons. The third kappa shape index (κ3) is 2.38. The van der Waals surface area contributed by atoms with E-state index in [1.165, 1.54) is 12.3 Å². The van der Waals surface area contributed by atoms with Gasteiger partial charge in [-0.25, -0.2) is 0 Å². The van der Waals surface area contributed by atoms with Crippen molar-refractivity contribution >= 4 is 5.91 Å². The third-order valence-electron chi connectivity index (χ3n) is 4.74. The van der Waals surface area contributed by atoms with E-state index in [1.54, 1.807) is 11.0 Å². The van der Waals surface area contributed by atoms with E-state index >= 15 is 0 Å². The highest BCUT2D eigenvalue weighted by Crippen LogP contribution is 2.39. The van der Waals surface area contributed by atoms with Gasteiger partial charge in [-0.15, -0.1) is 0 Å². The molecule has 2 aliphatic rings. The molecule has 1 aliphatic carbocycles. The van der Waals surface area contributed by atoms with E-state index in [4.69, 9.17) is 0 Å². The summed E-state index contributed by atoms with van der Waals surface area (Å²) < 4.78 is 0. The van der Waals surface area contributed by atoms with Gasteiger partial charge in [-0.3, -0.25) is 9.59 Å². The fourth-order valence-corrected chi connectivity index (χ4v) is 3.52. The number of nitrogens with one attached hydrogen (secondary N) is 1. The molecule has 2 unspecified atom stereocenters. The molecule has 0 aromatic carbocycles. The number of fused-ring (bicyclic) bond motifs is 1. The van der Waals surface area contributed by atoms with E-state index in [1.807, 2.05) is 0 Å². The fraction of sp³-hybridized carbons (Fsp3) is 0.600. The van der Waals surface area contributed by atoms with E-state index in [0.29, 0.717) is 25.1 Å². The maximum absolute atomic E-state index is 12.4. The second-order valence-corrected chi connectivity index (χ2v) is 5.99. The average Bonchev–Trinajstić information content (AvgIpc) is 2.45. The number of aromatic nitrogens is 1. The van der Waals surface area contributed by atoms with E-state index in [9.17, 15) is 14.7 Å². The van der Waals surface area contributed by atoms with Gasteiger partial charge in [0.2, 0.25) is 5.56 Å². The van der Waals surface area contributed by atoms with Crippen molar-refractivity contribution in [1.82, 2.24) is 9.88 Å². The van der Waals surface area contributed by atoms with Crippen molar-refractivity contribution < 1.29 is 9.90 Å². The number of rotatable bonds is 1. The van der Waals surface area contributed by atoms with Gasteiger partial charge in [0.1, 0.15) is 0 Å². The molecule has 20 heavy (non-hydrogen) atoms. The molecule has 1 saturated heterocycles. The summed E-state index contributed by atoms with van der Waals surface area (Å²) in [6.07, 6.45) is 6.18. The van der Waals surface area contributed by atoms with Crippen LogP contribution in [0.5, 0.6) is 0 Å². The summed E-state index contributed by atoms with van der Waals surface area (Å²) in [5.41, 5.74) is -0.416. The first-order chi connectivity index (χ1) is 9.58. The highest BCUT2D eigenvalue weighted by Gasteiger charge is 2.43. The van der Waals surface area contributed by atoms with Crippen molar-refractivity contribution in [3.05, 3.63) is 34.2 Å². The van der Waals surface area contributed by atoms with E-state index in [0.717, 1.165) is 25.7 Å². The molecule has 1 aliphatic heterocycles. The molecule has 3 rings (SSSR count). The van der Waals surface area contributed by atoms with Crippen molar-refractivity contribution in [3.8, 4) is 0 Å². The fourth-order valence-electron chi connectivity index (χ4n) is 3.52. The van der Waals surface area contributed by atoms with Crippen LogP contribution in [0.3, 0.4) is 0 Å². The van der Waals surface area contributed by atoms with Crippen LogP contribution in [0.1, 0.15) is 42.5 Å². The van der Waals surface area contributed by atoms with Gasteiger partial charge < -0.3 is 15.0 Å². The Balaban J connectivity index is 1.76. The Morgan fingerprint density at radius 2 is 2.25 bits per heavy atom. The number of piperidine rings is 1. The zero-order valence-electron chi connectivity index (χ0n) is 11.5. The number of nitrogens with zero attached hydrogens (tertiary/aromatic N) is 1. The normalized spacial score (nSPS) is 29.9. The van der Waals surface area contributed by atoms with E-state index in [2.05, 4.69) is 4.98 Å². The van der Waals surface area contributed by atoms with Crippen LogP contribution in [0.25, 0.3) is 0 Å². The van der Waals surface area contributed by atoms with Gasteiger partial charge in [0, 0.05) is 36.8 Å². The molecule has 0 spiro atoms. The molecule has 2 fully saturated rings. The number of H-pyrrole nitrogens is 1. The molecule has 1 aromatic heterocycles. The molecular weight excluding hydrogens is 256 g/mol. The highest BCUT2D eigenvalue weighted by molar-refractivity contribution is 5.94. The number of hydrogen-bond donors (Lipinski definition) is 2. The molecule has 5 nitrogen and oxygen atoms in total. The summed E-state index contributed by atoms with van der Waals surface area (Å²) in [5, 5.41) is 10.6. The Kier molecular flexibility index (Phi) is 3.38. The van der Waals surface area contributed by atoms with E-state index in [-0.39, 0.29) is 17.4 Å². The second kappa shape index (κ2) is 5.05. The number of amides is 1. The Morgan fingerprint density at radius 3 is 3.05 bits per heavy atom. The van der Waals surface area contributed by atoms with Crippen molar-refractivity contribution in [2.75, 3.05) is 13.1 Å². The Morgan fingerprint density at radius 1 is 1.40 bits per heavy atom. The molecular formula is C15H20N2O3. The van der Waals surface area contributed by atoms with Crippen LogP contribution in [-0.4, -0.2) is 39.6 Å². The number of aliphatic hydroxyl groups is 1. The van der Waals surface area contributed by atoms with Gasteiger partial charge in [-0.05, 0) is 25.3 Å². The lowest BCUT2D eigenvalue weighted by Gasteiger charge is -2.47. The first-order valence-corrected chi connectivity index (χ1v) is 7.29. The number of carbonyl (C=O) groups excluding carboxylic acids is 1. The van der Waals surface area contributed by atoms with Crippen molar-refractivity contribution in [3.63, 3.8) is 0 Å². The summed E-state index contributed by atoms with van der Waals surface area (Å²) >= 11 is 0. The maximum Gasteiger partial charge on any atom is 0.254 e. The predicted octanol–water partition coefficient (Wildman–Crippen LogP) is 1.14. The minimum atomic E-state index is -0.580.